The maximum Gasteiger partial charge on any atom is 0.251 e. The first-order valence-corrected chi connectivity index (χ1v) is 8.46. The summed E-state index contributed by atoms with van der Waals surface area (Å²) in [4.78, 5) is 11.9. The standard InChI is InChI=1S/C13H16F2N2OS2/c1-16-12-10(14)4-8(5-11(12)15)13(18)17-6-9-7-19-2-3-20-9/h4-5,9,16H,2-3,6-7H2,1H3,(H,17,18). The molecule has 0 aromatic heterocycles. The maximum atomic E-state index is 13.6. The van der Waals surface area contributed by atoms with E-state index in [1.807, 2.05) is 23.5 Å². The SMILES string of the molecule is CNc1c(F)cc(C(=O)NCC2CSCCS2)cc1F. The number of hydrogen-bond acceptors (Lipinski definition) is 4. The quantitative estimate of drug-likeness (QED) is 0.895. The smallest absolute Gasteiger partial charge is 0.251 e. The molecule has 110 valence electrons. The summed E-state index contributed by atoms with van der Waals surface area (Å²) in [6.07, 6.45) is 0. The van der Waals surface area contributed by atoms with Crippen LogP contribution in [0.15, 0.2) is 12.1 Å². The Morgan fingerprint density at radius 1 is 1.35 bits per heavy atom. The van der Waals surface area contributed by atoms with Gasteiger partial charge in [0.05, 0.1) is 0 Å². The molecule has 1 amide bonds. The molecule has 20 heavy (non-hydrogen) atoms. The van der Waals surface area contributed by atoms with Gasteiger partial charge in [-0.15, -0.1) is 0 Å². The summed E-state index contributed by atoms with van der Waals surface area (Å²) < 4.78 is 27.2. The van der Waals surface area contributed by atoms with Crippen molar-refractivity contribution in [2.75, 3.05) is 36.2 Å². The van der Waals surface area contributed by atoms with Crippen LogP contribution in [0.25, 0.3) is 0 Å². The third-order valence-electron chi connectivity index (χ3n) is 2.93. The number of carbonyl (C=O) groups is 1. The average molecular weight is 318 g/mol. The van der Waals surface area contributed by atoms with E-state index in [9.17, 15) is 13.6 Å². The van der Waals surface area contributed by atoms with Gasteiger partial charge >= 0.3 is 0 Å². The van der Waals surface area contributed by atoms with Gasteiger partial charge in [-0.3, -0.25) is 4.79 Å². The van der Waals surface area contributed by atoms with E-state index in [0.717, 1.165) is 29.4 Å². The highest BCUT2D eigenvalue weighted by molar-refractivity contribution is 8.06. The minimum atomic E-state index is -0.764. The van der Waals surface area contributed by atoms with E-state index in [0.29, 0.717) is 11.8 Å². The molecule has 1 aliphatic rings. The molecule has 1 saturated heterocycles. The van der Waals surface area contributed by atoms with Gasteiger partial charge in [-0.2, -0.15) is 23.5 Å². The zero-order valence-corrected chi connectivity index (χ0v) is 12.7. The first-order valence-electron chi connectivity index (χ1n) is 6.26. The van der Waals surface area contributed by atoms with Crippen LogP contribution in [0.5, 0.6) is 0 Å². The van der Waals surface area contributed by atoms with Crippen LogP contribution in [0, 0.1) is 11.6 Å². The van der Waals surface area contributed by atoms with Crippen molar-refractivity contribution in [1.82, 2.24) is 5.32 Å². The number of carbonyl (C=O) groups excluding carboxylic acids is 1. The summed E-state index contributed by atoms with van der Waals surface area (Å²) in [7, 11) is 1.43. The summed E-state index contributed by atoms with van der Waals surface area (Å²) in [5.74, 6) is 1.23. The topological polar surface area (TPSA) is 41.1 Å². The fourth-order valence-electron chi connectivity index (χ4n) is 1.91. The predicted octanol–water partition coefficient (Wildman–Crippen LogP) is 2.58. The number of hydrogen-bond donors (Lipinski definition) is 2. The van der Waals surface area contributed by atoms with Crippen LogP contribution >= 0.6 is 23.5 Å². The molecule has 3 nitrogen and oxygen atoms in total. The van der Waals surface area contributed by atoms with Crippen LogP contribution in [-0.4, -0.2) is 42.0 Å². The zero-order chi connectivity index (χ0) is 14.5. The van der Waals surface area contributed by atoms with E-state index >= 15 is 0 Å². The van der Waals surface area contributed by atoms with Crippen molar-refractivity contribution in [3.05, 3.63) is 29.3 Å². The molecule has 0 spiro atoms. The lowest BCUT2D eigenvalue weighted by Gasteiger charge is -2.21. The molecule has 2 rings (SSSR count). The first kappa shape index (κ1) is 15.4. The monoisotopic (exact) mass is 318 g/mol. The third-order valence-corrected chi connectivity index (χ3v) is 5.77. The van der Waals surface area contributed by atoms with Crippen molar-refractivity contribution in [2.45, 2.75) is 5.25 Å². The molecule has 0 bridgehead atoms. The summed E-state index contributed by atoms with van der Waals surface area (Å²) in [5.41, 5.74) is -0.215. The lowest BCUT2D eigenvalue weighted by atomic mass is 10.1. The normalized spacial score (nSPS) is 18.6. The van der Waals surface area contributed by atoms with Gasteiger partial charge in [-0.25, -0.2) is 8.78 Å². The van der Waals surface area contributed by atoms with Crippen molar-refractivity contribution in [3.8, 4) is 0 Å². The number of amides is 1. The molecular weight excluding hydrogens is 302 g/mol. The Morgan fingerprint density at radius 2 is 2.05 bits per heavy atom. The molecule has 1 aromatic rings. The molecule has 1 unspecified atom stereocenters. The molecule has 1 fully saturated rings. The Balaban J connectivity index is 1.98. The lowest BCUT2D eigenvalue weighted by Crippen LogP contribution is -2.33. The van der Waals surface area contributed by atoms with Gasteiger partial charge in [0.25, 0.3) is 5.91 Å². The zero-order valence-electron chi connectivity index (χ0n) is 11.0. The molecular formula is C13H16F2N2OS2. The van der Waals surface area contributed by atoms with Gasteiger partial charge in [0, 0.05) is 41.7 Å². The number of thioether (sulfide) groups is 2. The Morgan fingerprint density at radius 3 is 2.60 bits per heavy atom. The maximum absolute atomic E-state index is 13.6. The fourth-order valence-corrected chi connectivity index (χ4v) is 4.52. The Kier molecular flexibility index (Phi) is 5.54. The second-order valence-electron chi connectivity index (χ2n) is 4.34. The van der Waals surface area contributed by atoms with Crippen molar-refractivity contribution >= 4 is 35.1 Å². The van der Waals surface area contributed by atoms with Crippen molar-refractivity contribution < 1.29 is 13.6 Å². The molecule has 0 saturated carbocycles. The summed E-state index contributed by atoms with van der Waals surface area (Å²) >= 11 is 3.68. The molecule has 1 atom stereocenters. The van der Waals surface area contributed by atoms with Gasteiger partial charge in [-0.05, 0) is 12.1 Å². The van der Waals surface area contributed by atoms with E-state index in [-0.39, 0.29) is 11.3 Å². The van der Waals surface area contributed by atoms with Gasteiger partial charge in [-0.1, -0.05) is 0 Å². The van der Waals surface area contributed by atoms with Crippen LogP contribution in [0.3, 0.4) is 0 Å². The molecule has 7 heteroatoms. The molecule has 1 aliphatic heterocycles. The van der Waals surface area contributed by atoms with Gasteiger partial charge in [0.15, 0.2) is 0 Å². The van der Waals surface area contributed by atoms with E-state index in [2.05, 4.69) is 10.6 Å². The van der Waals surface area contributed by atoms with Crippen LogP contribution in [-0.2, 0) is 0 Å². The van der Waals surface area contributed by atoms with E-state index in [1.165, 1.54) is 7.05 Å². The minimum absolute atomic E-state index is 0.00691. The van der Waals surface area contributed by atoms with Crippen molar-refractivity contribution in [1.29, 1.82) is 0 Å². The Bertz CT molecular complexity index is 470. The highest BCUT2D eigenvalue weighted by Gasteiger charge is 2.17. The number of anilines is 1. The molecule has 0 aliphatic carbocycles. The minimum Gasteiger partial charge on any atom is -0.383 e. The van der Waals surface area contributed by atoms with Gasteiger partial charge < -0.3 is 10.6 Å². The van der Waals surface area contributed by atoms with E-state index in [4.69, 9.17) is 0 Å². The molecule has 0 radical (unpaired) electrons. The predicted molar refractivity (Wildman–Crippen MR) is 81.8 cm³/mol. The lowest BCUT2D eigenvalue weighted by molar-refractivity contribution is 0.0953. The number of benzene rings is 1. The molecule has 1 heterocycles. The largest absolute Gasteiger partial charge is 0.383 e. The van der Waals surface area contributed by atoms with Crippen LogP contribution < -0.4 is 10.6 Å². The van der Waals surface area contributed by atoms with Crippen LogP contribution in [0.1, 0.15) is 10.4 Å². The number of halogens is 2. The van der Waals surface area contributed by atoms with Crippen LogP contribution in [0.4, 0.5) is 14.5 Å². The average Bonchev–Trinajstić information content (AvgIpc) is 2.45. The Hall–Kier alpha value is -0.950. The fraction of sp³-hybridized carbons (Fsp3) is 0.462. The van der Waals surface area contributed by atoms with Gasteiger partial charge in [0.1, 0.15) is 17.3 Å². The highest BCUT2D eigenvalue weighted by Crippen LogP contribution is 2.24. The van der Waals surface area contributed by atoms with Crippen LogP contribution in [0.2, 0.25) is 0 Å². The second-order valence-corrected chi connectivity index (χ2v) is 6.90. The van der Waals surface area contributed by atoms with E-state index < -0.39 is 17.5 Å². The summed E-state index contributed by atoms with van der Waals surface area (Å²) in [6.45, 7) is 0.521. The first-order chi connectivity index (χ1) is 9.61. The highest BCUT2D eigenvalue weighted by atomic mass is 32.2. The number of rotatable bonds is 4. The van der Waals surface area contributed by atoms with E-state index in [1.54, 1.807) is 0 Å². The van der Waals surface area contributed by atoms with Gasteiger partial charge in [0.2, 0.25) is 0 Å². The Labute approximate surface area is 125 Å². The summed E-state index contributed by atoms with van der Waals surface area (Å²) in [5, 5.41) is 5.52. The van der Waals surface area contributed by atoms with Crippen molar-refractivity contribution in [3.63, 3.8) is 0 Å². The van der Waals surface area contributed by atoms with Crippen molar-refractivity contribution in [2.24, 2.45) is 0 Å². The second kappa shape index (κ2) is 7.17. The summed E-state index contributed by atoms with van der Waals surface area (Å²) in [6, 6.07) is 2.10. The molecule has 1 aromatic carbocycles. The molecule has 2 N–H and O–H groups in total. The third kappa shape index (κ3) is 3.79. The number of nitrogens with one attached hydrogen (secondary N) is 2.